The molecule has 2 fully saturated rings. The molecule has 2 aliphatic rings. The summed E-state index contributed by atoms with van der Waals surface area (Å²) in [5.74, 6) is 0.889. The normalized spacial score (nSPS) is 20.5. The SMILES string of the molecule is CC(C)(C)[S@@+]([O-])NC(CC1(C(F)(F)F)CC1)c1nc2ccc(C(N)C3CC3)cc2n1COCC[Si](C)(C)C. The molecule has 0 radical (unpaired) electrons. The minimum atomic E-state index is -4.33. The molecule has 3 N–H and O–H groups in total. The van der Waals surface area contributed by atoms with Gasteiger partial charge in [0.25, 0.3) is 0 Å². The largest absolute Gasteiger partial charge is 0.598 e. The Morgan fingerprint density at radius 2 is 1.89 bits per heavy atom. The highest BCUT2D eigenvalue weighted by Gasteiger charge is 2.64. The monoisotopic (exact) mass is 572 g/mol. The molecule has 4 rings (SSSR count). The van der Waals surface area contributed by atoms with Gasteiger partial charge in [-0.3, -0.25) is 0 Å². The van der Waals surface area contributed by atoms with Crippen molar-refractivity contribution < 1.29 is 22.5 Å². The molecule has 6 nitrogen and oxygen atoms in total. The summed E-state index contributed by atoms with van der Waals surface area (Å²) in [7, 11) is -1.33. The van der Waals surface area contributed by atoms with E-state index in [0.29, 0.717) is 23.9 Å². The number of benzene rings is 1. The second-order valence-electron chi connectivity index (χ2n) is 13.4. The number of ether oxygens (including phenoxy) is 1. The van der Waals surface area contributed by atoms with E-state index in [1.165, 1.54) is 0 Å². The number of nitrogens with one attached hydrogen (secondary N) is 1. The number of nitrogens with zero attached hydrogens (tertiary/aromatic N) is 2. The number of halogens is 3. The molecule has 0 amide bonds. The van der Waals surface area contributed by atoms with E-state index in [9.17, 15) is 17.7 Å². The minimum absolute atomic E-state index is 0.0736. The molecule has 2 unspecified atom stereocenters. The van der Waals surface area contributed by atoms with Crippen LogP contribution in [0.1, 0.15) is 76.3 Å². The molecule has 0 spiro atoms. The zero-order chi connectivity index (χ0) is 28.1. The third kappa shape index (κ3) is 6.96. The van der Waals surface area contributed by atoms with Crippen LogP contribution in [0.4, 0.5) is 13.2 Å². The van der Waals surface area contributed by atoms with Gasteiger partial charge in [-0.25, -0.2) is 4.98 Å². The first-order valence-electron chi connectivity index (χ1n) is 13.6. The molecule has 0 aliphatic heterocycles. The fourth-order valence-electron chi connectivity index (χ4n) is 4.67. The van der Waals surface area contributed by atoms with E-state index in [0.717, 1.165) is 30.0 Å². The molecule has 2 aliphatic carbocycles. The van der Waals surface area contributed by atoms with E-state index in [-0.39, 0.29) is 32.0 Å². The number of aromatic nitrogens is 2. The Morgan fingerprint density at radius 1 is 1.24 bits per heavy atom. The second-order valence-corrected chi connectivity index (χ2v) is 21.0. The van der Waals surface area contributed by atoms with Crippen LogP contribution in [0.3, 0.4) is 0 Å². The number of hydrogen-bond donors (Lipinski definition) is 2. The summed E-state index contributed by atoms with van der Waals surface area (Å²) in [5.41, 5.74) is 7.16. The van der Waals surface area contributed by atoms with Gasteiger partial charge in [-0.2, -0.15) is 13.2 Å². The van der Waals surface area contributed by atoms with Crippen LogP contribution in [0.25, 0.3) is 11.0 Å². The molecule has 1 aromatic carbocycles. The number of alkyl halides is 3. The number of hydrogen-bond acceptors (Lipinski definition) is 5. The predicted octanol–water partition coefficient (Wildman–Crippen LogP) is 6.58. The first-order chi connectivity index (χ1) is 17.5. The fourth-order valence-corrected chi connectivity index (χ4v) is 6.22. The lowest BCUT2D eigenvalue weighted by Gasteiger charge is -2.30. The lowest BCUT2D eigenvalue weighted by Crippen LogP contribution is -2.43. The van der Waals surface area contributed by atoms with Gasteiger partial charge in [0.15, 0.2) is 0 Å². The number of rotatable bonds is 12. The molecule has 11 heteroatoms. The highest BCUT2D eigenvalue weighted by atomic mass is 32.2. The van der Waals surface area contributed by atoms with Crippen LogP contribution >= 0.6 is 0 Å². The van der Waals surface area contributed by atoms with Crippen molar-refractivity contribution in [2.24, 2.45) is 17.1 Å². The minimum Gasteiger partial charge on any atom is -0.598 e. The van der Waals surface area contributed by atoms with E-state index in [1.807, 2.05) is 22.8 Å². The Morgan fingerprint density at radius 3 is 2.42 bits per heavy atom. The molecule has 2 saturated carbocycles. The quantitative estimate of drug-likeness (QED) is 0.170. The summed E-state index contributed by atoms with van der Waals surface area (Å²) in [5, 5.41) is 0. The van der Waals surface area contributed by atoms with Crippen molar-refractivity contribution in [3.05, 3.63) is 29.6 Å². The van der Waals surface area contributed by atoms with Gasteiger partial charge >= 0.3 is 6.18 Å². The third-order valence-electron chi connectivity index (χ3n) is 7.70. The van der Waals surface area contributed by atoms with Crippen molar-refractivity contribution in [3.63, 3.8) is 0 Å². The smallest absolute Gasteiger partial charge is 0.394 e. The topological polar surface area (TPSA) is 88.2 Å². The maximum absolute atomic E-state index is 14.1. The van der Waals surface area contributed by atoms with Crippen LogP contribution in [0.15, 0.2) is 18.2 Å². The Hall–Kier alpha value is -1.11. The average molecular weight is 573 g/mol. The van der Waals surface area contributed by atoms with Crippen LogP contribution in [0, 0.1) is 11.3 Å². The molecular formula is C27H43F3N4O2SSi. The van der Waals surface area contributed by atoms with Crippen molar-refractivity contribution in [2.45, 2.75) is 108 Å². The summed E-state index contributed by atoms with van der Waals surface area (Å²) in [6, 6.07) is 5.90. The van der Waals surface area contributed by atoms with Crippen molar-refractivity contribution in [1.82, 2.24) is 14.3 Å². The lowest BCUT2D eigenvalue weighted by atomic mass is 9.96. The fraction of sp³-hybridized carbons (Fsp3) is 0.741. The Kier molecular flexibility index (Phi) is 8.41. The first kappa shape index (κ1) is 29.9. The average Bonchev–Trinajstić information content (AvgIpc) is 3.71. The van der Waals surface area contributed by atoms with Gasteiger partial charge in [0.1, 0.15) is 23.3 Å². The van der Waals surface area contributed by atoms with Crippen LogP contribution in [0.2, 0.25) is 25.7 Å². The summed E-state index contributed by atoms with van der Waals surface area (Å²) in [6.07, 6.45) is -2.19. The highest BCUT2D eigenvalue weighted by molar-refractivity contribution is 7.90. The van der Waals surface area contributed by atoms with Gasteiger partial charge in [-0.1, -0.05) is 25.7 Å². The van der Waals surface area contributed by atoms with Crippen molar-refractivity contribution in [3.8, 4) is 0 Å². The third-order valence-corrected chi connectivity index (χ3v) is 11.0. The summed E-state index contributed by atoms with van der Waals surface area (Å²) >= 11 is -1.59. The summed E-state index contributed by atoms with van der Waals surface area (Å²) < 4.78 is 65.7. The zero-order valence-corrected chi connectivity index (χ0v) is 25.3. The molecule has 3 atom stereocenters. The Bertz CT molecular complexity index is 1120. The molecule has 2 aromatic rings. The van der Waals surface area contributed by atoms with Crippen LogP contribution in [0.5, 0.6) is 0 Å². The highest BCUT2D eigenvalue weighted by Crippen LogP contribution is 2.62. The standard InChI is InChI=1S/C27H43F3N4O2SSi/c1-25(2,3)37(35)33-21(16-26(11-12-26)27(28,29)30)24-32-20-10-9-19(23(31)18-7-8-18)15-22(20)34(24)17-36-13-14-38(4,5)6/h9-10,15,18,21,23,33H,7-8,11-14,16-17,31H2,1-6H3/t21?,23?,37-/m1/s1. The molecule has 38 heavy (non-hydrogen) atoms. The number of nitrogens with two attached hydrogens (primary N) is 1. The molecule has 214 valence electrons. The van der Waals surface area contributed by atoms with Gasteiger partial charge in [0.2, 0.25) is 0 Å². The van der Waals surface area contributed by atoms with E-state index in [2.05, 4.69) is 24.4 Å². The van der Waals surface area contributed by atoms with E-state index >= 15 is 0 Å². The van der Waals surface area contributed by atoms with Crippen LogP contribution < -0.4 is 10.5 Å². The Labute approximate surface area is 228 Å². The van der Waals surface area contributed by atoms with Gasteiger partial charge < -0.3 is 19.6 Å². The van der Waals surface area contributed by atoms with Crippen LogP contribution in [-0.4, -0.2) is 39.7 Å². The van der Waals surface area contributed by atoms with Crippen molar-refractivity contribution in [2.75, 3.05) is 6.61 Å². The Balaban J connectivity index is 1.74. The lowest BCUT2D eigenvalue weighted by molar-refractivity contribution is -0.190. The molecule has 0 bridgehead atoms. The predicted molar refractivity (Wildman–Crippen MR) is 150 cm³/mol. The van der Waals surface area contributed by atoms with Gasteiger partial charge in [0, 0.05) is 32.1 Å². The summed E-state index contributed by atoms with van der Waals surface area (Å²) in [6.45, 7) is 13.0. The molecule has 0 saturated heterocycles. The van der Waals surface area contributed by atoms with Gasteiger partial charge in [0.05, 0.1) is 16.4 Å². The van der Waals surface area contributed by atoms with E-state index in [1.54, 1.807) is 20.8 Å². The van der Waals surface area contributed by atoms with Crippen LogP contribution in [-0.2, 0) is 22.8 Å². The van der Waals surface area contributed by atoms with Crippen molar-refractivity contribution >= 4 is 30.5 Å². The zero-order valence-electron chi connectivity index (χ0n) is 23.5. The summed E-state index contributed by atoms with van der Waals surface area (Å²) in [4.78, 5) is 4.82. The second kappa shape index (κ2) is 10.7. The number of fused-ring (bicyclic) bond motifs is 1. The van der Waals surface area contributed by atoms with Gasteiger partial charge in [-0.15, -0.1) is 4.72 Å². The first-order valence-corrected chi connectivity index (χ1v) is 18.4. The number of imidazole rings is 1. The molecule has 1 aromatic heterocycles. The van der Waals surface area contributed by atoms with Gasteiger partial charge in [-0.05, 0) is 82.5 Å². The van der Waals surface area contributed by atoms with E-state index < -0.39 is 41.8 Å². The van der Waals surface area contributed by atoms with Crippen molar-refractivity contribution in [1.29, 1.82) is 0 Å². The molecule has 1 heterocycles. The molecular weight excluding hydrogens is 529 g/mol. The maximum atomic E-state index is 14.1. The maximum Gasteiger partial charge on any atom is 0.394 e. The van der Waals surface area contributed by atoms with E-state index in [4.69, 9.17) is 15.5 Å².